The van der Waals surface area contributed by atoms with Crippen molar-refractivity contribution in [1.82, 2.24) is 20.4 Å². The fourth-order valence-electron chi connectivity index (χ4n) is 2.78. The average molecular weight is 282 g/mol. The molecule has 6 nitrogen and oxygen atoms in total. The molecule has 0 unspecified atom stereocenters. The maximum Gasteiger partial charge on any atom is 0.325 e. The molecule has 2 aliphatic rings. The molecule has 0 aliphatic carbocycles. The number of carbonyl (C=O) groups excluding carboxylic acids is 2. The summed E-state index contributed by atoms with van der Waals surface area (Å²) in [5.41, 5.74) is -0.539. The summed E-state index contributed by atoms with van der Waals surface area (Å²) in [6, 6.07) is -0.267. The number of likely N-dealkylation sites (tertiary alicyclic amines) is 1. The maximum atomic E-state index is 12.1. The van der Waals surface area contributed by atoms with Crippen LogP contribution in [-0.4, -0.2) is 66.0 Å². The van der Waals surface area contributed by atoms with Gasteiger partial charge in [-0.15, -0.1) is 0 Å². The number of hydrogen-bond donors (Lipinski definition) is 2. The molecule has 2 aliphatic heterocycles. The van der Waals surface area contributed by atoms with Crippen molar-refractivity contribution in [3.05, 3.63) is 0 Å². The van der Waals surface area contributed by atoms with Crippen LogP contribution in [0.25, 0.3) is 0 Å². The summed E-state index contributed by atoms with van der Waals surface area (Å²) in [4.78, 5) is 27.5. The Kier molecular flexibility index (Phi) is 4.07. The molecule has 2 saturated heterocycles. The molecule has 6 heteroatoms. The van der Waals surface area contributed by atoms with Crippen LogP contribution in [0.2, 0.25) is 0 Å². The zero-order chi connectivity index (χ0) is 15.0. The predicted octanol–water partition coefficient (Wildman–Crippen LogP) is 0.391. The molecule has 0 saturated carbocycles. The molecule has 0 aromatic carbocycles. The fraction of sp³-hybridized carbons (Fsp3) is 0.857. The number of amides is 3. The number of hydrogen-bond acceptors (Lipinski definition) is 4. The van der Waals surface area contributed by atoms with Crippen molar-refractivity contribution < 1.29 is 9.59 Å². The molecule has 2 heterocycles. The lowest BCUT2D eigenvalue weighted by Gasteiger charge is -2.39. The summed E-state index contributed by atoms with van der Waals surface area (Å²) in [6.07, 6.45) is 2.18. The molecule has 0 radical (unpaired) electrons. The minimum Gasteiger partial charge on any atom is -0.324 e. The number of nitrogens with zero attached hydrogens (tertiary/aromatic N) is 2. The van der Waals surface area contributed by atoms with Crippen LogP contribution in [0.5, 0.6) is 0 Å². The van der Waals surface area contributed by atoms with E-state index in [1.165, 1.54) is 4.90 Å². The van der Waals surface area contributed by atoms with E-state index in [1.807, 2.05) is 7.05 Å². The van der Waals surface area contributed by atoms with Gasteiger partial charge in [-0.05, 0) is 53.8 Å². The Balaban J connectivity index is 1.82. The van der Waals surface area contributed by atoms with E-state index in [0.29, 0.717) is 6.54 Å². The summed E-state index contributed by atoms with van der Waals surface area (Å²) in [5, 5.41) is 6.08. The maximum absolute atomic E-state index is 12.1. The van der Waals surface area contributed by atoms with Crippen LogP contribution in [0.4, 0.5) is 4.79 Å². The van der Waals surface area contributed by atoms with Gasteiger partial charge in [0.25, 0.3) is 5.91 Å². The second kappa shape index (κ2) is 5.33. The average Bonchev–Trinajstić information content (AvgIpc) is 2.59. The van der Waals surface area contributed by atoms with Crippen molar-refractivity contribution in [2.45, 2.75) is 44.7 Å². The Bertz CT molecular complexity index is 400. The van der Waals surface area contributed by atoms with Crippen molar-refractivity contribution in [2.24, 2.45) is 0 Å². The molecule has 2 fully saturated rings. The van der Waals surface area contributed by atoms with E-state index in [9.17, 15) is 9.59 Å². The molecule has 0 atom stereocenters. The lowest BCUT2D eigenvalue weighted by molar-refractivity contribution is -0.130. The first kappa shape index (κ1) is 15.3. The quantitative estimate of drug-likeness (QED) is 0.732. The van der Waals surface area contributed by atoms with Crippen LogP contribution in [-0.2, 0) is 4.79 Å². The van der Waals surface area contributed by atoms with Gasteiger partial charge in [0, 0.05) is 18.6 Å². The first-order valence-electron chi connectivity index (χ1n) is 7.33. The monoisotopic (exact) mass is 282 g/mol. The Morgan fingerprint density at radius 3 is 2.20 bits per heavy atom. The molecule has 3 amide bonds. The number of rotatable bonds is 4. The van der Waals surface area contributed by atoms with Gasteiger partial charge in [0.15, 0.2) is 0 Å². The van der Waals surface area contributed by atoms with E-state index in [2.05, 4.69) is 22.5 Å². The number of piperidine rings is 1. The Labute approximate surface area is 120 Å². The largest absolute Gasteiger partial charge is 0.325 e. The molecule has 20 heavy (non-hydrogen) atoms. The first-order valence-corrected chi connectivity index (χ1v) is 7.33. The van der Waals surface area contributed by atoms with E-state index < -0.39 is 5.54 Å². The number of carbonyl (C=O) groups is 2. The minimum absolute atomic E-state index is 0.125. The molecule has 0 bridgehead atoms. The topological polar surface area (TPSA) is 64.7 Å². The molecule has 114 valence electrons. The summed E-state index contributed by atoms with van der Waals surface area (Å²) in [5.74, 6) is -0.125. The van der Waals surface area contributed by atoms with Gasteiger partial charge in [0.1, 0.15) is 5.54 Å². The van der Waals surface area contributed by atoms with Crippen LogP contribution in [0.3, 0.4) is 0 Å². The van der Waals surface area contributed by atoms with E-state index in [1.54, 1.807) is 13.8 Å². The summed E-state index contributed by atoms with van der Waals surface area (Å²) < 4.78 is 0. The highest BCUT2D eigenvalue weighted by Crippen LogP contribution is 2.21. The third kappa shape index (κ3) is 2.96. The highest BCUT2D eigenvalue weighted by molar-refractivity contribution is 6.06. The van der Waals surface area contributed by atoms with Gasteiger partial charge in [-0.1, -0.05) is 0 Å². The predicted molar refractivity (Wildman–Crippen MR) is 77.5 cm³/mol. The Hall–Kier alpha value is -1.14. The van der Waals surface area contributed by atoms with Crippen molar-refractivity contribution in [1.29, 1.82) is 0 Å². The van der Waals surface area contributed by atoms with E-state index >= 15 is 0 Å². The molecule has 0 spiro atoms. The van der Waals surface area contributed by atoms with Gasteiger partial charge in [0.05, 0.1) is 0 Å². The van der Waals surface area contributed by atoms with E-state index in [4.69, 9.17) is 0 Å². The van der Waals surface area contributed by atoms with Crippen molar-refractivity contribution in [3.63, 3.8) is 0 Å². The molecule has 0 aromatic heterocycles. The molecular weight excluding hydrogens is 256 g/mol. The first-order chi connectivity index (χ1) is 9.27. The normalized spacial score (nSPS) is 25.9. The molecule has 2 rings (SSSR count). The third-order valence-corrected chi connectivity index (χ3v) is 4.65. The Morgan fingerprint density at radius 1 is 1.15 bits per heavy atom. The summed E-state index contributed by atoms with van der Waals surface area (Å²) in [6.45, 7) is 8.97. The highest BCUT2D eigenvalue weighted by atomic mass is 16.2. The fourth-order valence-corrected chi connectivity index (χ4v) is 2.78. The summed E-state index contributed by atoms with van der Waals surface area (Å²) in [7, 11) is 2.00. The lowest BCUT2D eigenvalue weighted by atomic mass is 9.90. The van der Waals surface area contributed by atoms with Crippen molar-refractivity contribution >= 4 is 11.9 Å². The van der Waals surface area contributed by atoms with Gasteiger partial charge in [-0.3, -0.25) is 9.69 Å². The number of imide groups is 1. The van der Waals surface area contributed by atoms with E-state index in [0.717, 1.165) is 32.5 Å². The molecule has 2 N–H and O–H groups in total. The number of urea groups is 1. The smallest absolute Gasteiger partial charge is 0.324 e. The van der Waals surface area contributed by atoms with Gasteiger partial charge in [-0.25, -0.2) is 4.79 Å². The highest BCUT2D eigenvalue weighted by Gasteiger charge is 2.44. The van der Waals surface area contributed by atoms with Crippen molar-refractivity contribution in [3.8, 4) is 0 Å². The van der Waals surface area contributed by atoms with Gasteiger partial charge in [-0.2, -0.15) is 0 Å². The number of nitrogens with one attached hydrogen (secondary N) is 2. The molecular formula is C14H26N4O2. The Morgan fingerprint density at radius 2 is 1.75 bits per heavy atom. The van der Waals surface area contributed by atoms with Gasteiger partial charge in [0.2, 0.25) is 0 Å². The lowest BCUT2D eigenvalue weighted by Crippen LogP contribution is -2.51. The molecule has 0 aromatic rings. The zero-order valence-electron chi connectivity index (χ0n) is 13.0. The van der Waals surface area contributed by atoms with Gasteiger partial charge >= 0.3 is 6.03 Å². The zero-order valence-corrected chi connectivity index (χ0v) is 13.0. The summed E-state index contributed by atoms with van der Waals surface area (Å²) >= 11 is 0. The minimum atomic E-state index is -0.760. The third-order valence-electron chi connectivity index (χ3n) is 4.65. The van der Waals surface area contributed by atoms with Crippen LogP contribution in [0.15, 0.2) is 0 Å². The second-order valence-corrected chi connectivity index (χ2v) is 6.66. The van der Waals surface area contributed by atoms with Crippen LogP contribution in [0.1, 0.15) is 33.6 Å². The van der Waals surface area contributed by atoms with Gasteiger partial charge < -0.3 is 15.5 Å². The standard InChI is InChI=1S/C14H26N4O2/c1-13(2)11(19)18(12(20)16-13)10-9-17-7-5-14(3,15-4)6-8-17/h15H,5-10H2,1-4H3,(H,16,20). The van der Waals surface area contributed by atoms with Crippen LogP contribution < -0.4 is 10.6 Å². The van der Waals surface area contributed by atoms with Crippen LogP contribution >= 0.6 is 0 Å². The van der Waals surface area contributed by atoms with E-state index in [-0.39, 0.29) is 17.5 Å². The van der Waals surface area contributed by atoms with Crippen molar-refractivity contribution in [2.75, 3.05) is 33.2 Å². The second-order valence-electron chi connectivity index (χ2n) is 6.66. The van der Waals surface area contributed by atoms with Crippen LogP contribution in [0, 0.1) is 0 Å². The SMILES string of the molecule is CNC1(C)CCN(CCN2C(=O)NC(C)(C)C2=O)CC1.